The molecule has 1 aromatic rings. The largest absolute Gasteiger partial charge is 0.316 e. The Kier molecular flexibility index (Phi) is 5.11. The summed E-state index contributed by atoms with van der Waals surface area (Å²) in [6, 6.07) is 0.539. The van der Waals surface area contributed by atoms with E-state index in [9.17, 15) is 0 Å². The van der Waals surface area contributed by atoms with Gasteiger partial charge in [0.2, 0.25) is 0 Å². The van der Waals surface area contributed by atoms with Crippen molar-refractivity contribution in [2.45, 2.75) is 31.5 Å². The lowest BCUT2D eigenvalue weighted by Gasteiger charge is -2.21. The SMILES string of the molecule is CCC(C)C(CSc1nncn1C)NC. The van der Waals surface area contributed by atoms with Crippen molar-refractivity contribution in [2.75, 3.05) is 12.8 Å². The van der Waals surface area contributed by atoms with Crippen LogP contribution in [0.5, 0.6) is 0 Å². The maximum atomic E-state index is 4.06. The Morgan fingerprint density at radius 2 is 2.33 bits per heavy atom. The van der Waals surface area contributed by atoms with Crippen LogP contribution in [-0.2, 0) is 7.05 Å². The van der Waals surface area contributed by atoms with Gasteiger partial charge in [-0.2, -0.15) is 0 Å². The Morgan fingerprint density at radius 1 is 1.60 bits per heavy atom. The number of aryl methyl sites for hydroxylation is 1. The van der Waals surface area contributed by atoms with Crippen LogP contribution < -0.4 is 5.32 Å². The van der Waals surface area contributed by atoms with Crippen molar-refractivity contribution in [3.05, 3.63) is 6.33 Å². The van der Waals surface area contributed by atoms with Crippen LogP contribution in [0, 0.1) is 5.92 Å². The standard InChI is InChI=1S/C10H20N4S/c1-5-8(2)9(11-3)6-15-10-13-12-7-14(10)4/h7-9,11H,5-6H2,1-4H3. The predicted octanol–water partition coefficient (Wildman–Crippen LogP) is 1.54. The summed E-state index contributed by atoms with van der Waals surface area (Å²) >= 11 is 1.76. The van der Waals surface area contributed by atoms with Crippen molar-refractivity contribution in [1.29, 1.82) is 0 Å². The second kappa shape index (κ2) is 6.12. The van der Waals surface area contributed by atoms with Crippen LogP contribution in [0.3, 0.4) is 0 Å². The van der Waals surface area contributed by atoms with E-state index in [0.717, 1.165) is 10.9 Å². The van der Waals surface area contributed by atoms with Gasteiger partial charge in [-0.05, 0) is 13.0 Å². The molecule has 1 rings (SSSR count). The van der Waals surface area contributed by atoms with Crippen LogP contribution in [0.15, 0.2) is 11.5 Å². The molecule has 0 bridgehead atoms. The lowest BCUT2D eigenvalue weighted by molar-refractivity contribution is 0.420. The Hall–Kier alpha value is -0.550. The molecule has 0 radical (unpaired) electrons. The molecule has 1 N–H and O–H groups in total. The summed E-state index contributed by atoms with van der Waals surface area (Å²) in [5.74, 6) is 1.73. The van der Waals surface area contributed by atoms with Gasteiger partial charge < -0.3 is 9.88 Å². The topological polar surface area (TPSA) is 42.7 Å². The molecule has 0 saturated carbocycles. The van der Waals surface area contributed by atoms with Gasteiger partial charge in [-0.15, -0.1) is 10.2 Å². The molecule has 15 heavy (non-hydrogen) atoms. The fourth-order valence-corrected chi connectivity index (χ4v) is 2.56. The molecule has 0 spiro atoms. The summed E-state index contributed by atoms with van der Waals surface area (Å²) in [7, 11) is 3.99. The van der Waals surface area contributed by atoms with Gasteiger partial charge in [0.1, 0.15) is 6.33 Å². The second-order valence-electron chi connectivity index (χ2n) is 3.82. The number of rotatable bonds is 6. The van der Waals surface area contributed by atoms with Crippen molar-refractivity contribution in [2.24, 2.45) is 13.0 Å². The van der Waals surface area contributed by atoms with Crippen molar-refractivity contribution in [1.82, 2.24) is 20.1 Å². The number of hydrogen-bond acceptors (Lipinski definition) is 4. The van der Waals surface area contributed by atoms with E-state index in [2.05, 4.69) is 29.4 Å². The summed E-state index contributed by atoms with van der Waals surface area (Å²) in [5.41, 5.74) is 0. The van der Waals surface area contributed by atoms with Crippen LogP contribution in [-0.4, -0.2) is 33.6 Å². The summed E-state index contributed by atoms with van der Waals surface area (Å²) in [5, 5.41) is 12.3. The monoisotopic (exact) mass is 228 g/mol. The minimum atomic E-state index is 0.539. The highest BCUT2D eigenvalue weighted by atomic mass is 32.2. The average molecular weight is 228 g/mol. The highest BCUT2D eigenvalue weighted by molar-refractivity contribution is 7.99. The lowest BCUT2D eigenvalue weighted by Crippen LogP contribution is -2.34. The van der Waals surface area contributed by atoms with E-state index in [1.54, 1.807) is 18.1 Å². The zero-order chi connectivity index (χ0) is 11.3. The van der Waals surface area contributed by atoms with E-state index in [4.69, 9.17) is 0 Å². The molecule has 2 unspecified atom stereocenters. The second-order valence-corrected chi connectivity index (χ2v) is 4.80. The lowest BCUT2D eigenvalue weighted by atomic mass is 10.0. The highest BCUT2D eigenvalue weighted by Crippen LogP contribution is 2.18. The molecule has 0 aromatic carbocycles. The molecule has 0 aliphatic heterocycles. The molecule has 1 aromatic heterocycles. The molecule has 2 atom stereocenters. The summed E-state index contributed by atoms with van der Waals surface area (Å²) < 4.78 is 1.95. The van der Waals surface area contributed by atoms with E-state index in [1.807, 2.05) is 18.7 Å². The average Bonchev–Trinajstić information content (AvgIpc) is 2.65. The molecular formula is C10H20N4S. The van der Waals surface area contributed by atoms with Crippen molar-refractivity contribution in [3.8, 4) is 0 Å². The number of thioether (sulfide) groups is 1. The number of hydrogen-bond donors (Lipinski definition) is 1. The van der Waals surface area contributed by atoms with Crippen LogP contribution in [0.4, 0.5) is 0 Å². The van der Waals surface area contributed by atoms with Gasteiger partial charge in [0.25, 0.3) is 0 Å². The number of nitrogens with zero attached hydrogens (tertiary/aromatic N) is 3. The molecule has 0 aliphatic rings. The molecule has 86 valence electrons. The van der Waals surface area contributed by atoms with Crippen LogP contribution in [0.25, 0.3) is 0 Å². The quantitative estimate of drug-likeness (QED) is 0.750. The van der Waals surface area contributed by atoms with Crippen molar-refractivity contribution in [3.63, 3.8) is 0 Å². The van der Waals surface area contributed by atoms with Gasteiger partial charge in [0.05, 0.1) is 0 Å². The van der Waals surface area contributed by atoms with E-state index < -0.39 is 0 Å². The molecular weight excluding hydrogens is 208 g/mol. The predicted molar refractivity (Wildman–Crippen MR) is 64.0 cm³/mol. The zero-order valence-corrected chi connectivity index (χ0v) is 10.7. The molecule has 0 aliphatic carbocycles. The third-order valence-electron chi connectivity index (χ3n) is 2.76. The van der Waals surface area contributed by atoms with Gasteiger partial charge in [0.15, 0.2) is 5.16 Å². The summed E-state index contributed by atoms with van der Waals surface area (Å²) in [4.78, 5) is 0. The first-order valence-electron chi connectivity index (χ1n) is 5.33. The van der Waals surface area contributed by atoms with Crippen LogP contribution in [0.1, 0.15) is 20.3 Å². The third kappa shape index (κ3) is 3.50. The van der Waals surface area contributed by atoms with Gasteiger partial charge in [-0.3, -0.25) is 0 Å². The third-order valence-corrected chi connectivity index (χ3v) is 3.92. The normalized spacial score (nSPS) is 15.2. The molecule has 0 saturated heterocycles. The Labute approximate surface area is 95.9 Å². The minimum absolute atomic E-state index is 0.539. The molecule has 5 heteroatoms. The molecule has 1 heterocycles. The smallest absolute Gasteiger partial charge is 0.190 e. The highest BCUT2D eigenvalue weighted by Gasteiger charge is 2.14. The maximum absolute atomic E-state index is 4.06. The maximum Gasteiger partial charge on any atom is 0.190 e. The zero-order valence-electron chi connectivity index (χ0n) is 9.90. The van der Waals surface area contributed by atoms with Crippen molar-refractivity contribution >= 4 is 11.8 Å². The van der Waals surface area contributed by atoms with E-state index in [1.165, 1.54) is 6.42 Å². The van der Waals surface area contributed by atoms with Gasteiger partial charge >= 0.3 is 0 Å². The van der Waals surface area contributed by atoms with Gasteiger partial charge in [-0.1, -0.05) is 32.0 Å². The van der Waals surface area contributed by atoms with Crippen LogP contribution in [0.2, 0.25) is 0 Å². The fraction of sp³-hybridized carbons (Fsp3) is 0.800. The van der Waals surface area contributed by atoms with Gasteiger partial charge in [0, 0.05) is 18.8 Å². The summed E-state index contributed by atoms with van der Waals surface area (Å²) in [6.07, 6.45) is 2.94. The number of aromatic nitrogens is 3. The molecule has 0 fully saturated rings. The summed E-state index contributed by atoms with van der Waals surface area (Å²) in [6.45, 7) is 4.50. The van der Waals surface area contributed by atoms with E-state index >= 15 is 0 Å². The molecule has 4 nitrogen and oxygen atoms in total. The Balaban J connectivity index is 2.44. The van der Waals surface area contributed by atoms with E-state index in [0.29, 0.717) is 12.0 Å². The minimum Gasteiger partial charge on any atom is -0.316 e. The first-order chi connectivity index (χ1) is 7.19. The fourth-order valence-electron chi connectivity index (χ4n) is 1.38. The van der Waals surface area contributed by atoms with E-state index in [-0.39, 0.29) is 0 Å². The van der Waals surface area contributed by atoms with Crippen molar-refractivity contribution < 1.29 is 0 Å². The Morgan fingerprint density at radius 3 is 2.80 bits per heavy atom. The number of nitrogens with one attached hydrogen (secondary N) is 1. The first kappa shape index (κ1) is 12.5. The van der Waals surface area contributed by atoms with Crippen LogP contribution >= 0.6 is 11.8 Å². The molecule has 0 amide bonds. The van der Waals surface area contributed by atoms with Gasteiger partial charge in [-0.25, -0.2) is 0 Å². The first-order valence-corrected chi connectivity index (χ1v) is 6.31. The Bertz CT molecular complexity index is 287.